The zero-order valence-electron chi connectivity index (χ0n) is 8.69. The summed E-state index contributed by atoms with van der Waals surface area (Å²) in [5, 5.41) is 22.2. The van der Waals surface area contributed by atoms with Gasteiger partial charge in [-0.3, -0.25) is 14.9 Å². The molecule has 2 aromatic heterocycles. The lowest BCUT2D eigenvalue weighted by atomic mass is 10.4. The number of aromatic nitrogens is 3. The Kier molecular flexibility index (Phi) is 3.89. The van der Waals surface area contributed by atoms with Gasteiger partial charge < -0.3 is 9.63 Å². The highest BCUT2D eigenvalue weighted by Crippen LogP contribution is 2.25. The fourth-order valence-corrected chi connectivity index (χ4v) is 2.40. The van der Waals surface area contributed by atoms with Crippen LogP contribution in [0.5, 0.6) is 0 Å². The van der Waals surface area contributed by atoms with Gasteiger partial charge in [-0.15, -0.1) is 10.2 Å². The first kappa shape index (κ1) is 12.5. The first-order valence-corrected chi connectivity index (χ1v) is 6.35. The highest BCUT2D eigenvalue weighted by Gasteiger charge is 2.13. The predicted molar refractivity (Wildman–Crippen MR) is 62.7 cm³/mol. The number of amides is 1. The van der Waals surface area contributed by atoms with Crippen molar-refractivity contribution in [1.82, 2.24) is 15.4 Å². The Morgan fingerprint density at radius 3 is 3.00 bits per heavy atom. The van der Waals surface area contributed by atoms with E-state index < -0.39 is 11.9 Å². The van der Waals surface area contributed by atoms with Crippen LogP contribution in [0, 0.1) is 0 Å². The smallest absolute Gasteiger partial charge is 0.313 e. The molecule has 0 spiro atoms. The Morgan fingerprint density at radius 2 is 2.33 bits per heavy atom. The zero-order valence-corrected chi connectivity index (χ0v) is 10.3. The summed E-state index contributed by atoms with van der Waals surface area (Å²) in [6.45, 7) is 0. The van der Waals surface area contributed by atoms with E-state index in [2.05, 4.69) is 25.2 Å². The van der Waals surface area contributed by atoms with Crippen molar-refractivity contribution in [1.29, 1.82) is 0 Å². The lowest BCUT2D eigenvalue weighted by molar-refractivity contribution is -0.133. The van der Waals surface area contributed by atoms with Gasteiger partial charge in [0, 0.05) is 6.07 Å². The summed E-state index contributed by atoms with van der Waals surface area (Å²) in [6, 6.07) is 1.41. The minimum absolute atomic E-state index is 0.105. The predicted octanol–water partition coefficient (Wildman–Crippen LogP) is 0.955. The maximum atomic E-state index is 11.6. The highest BCUT2D eigenvalue weighted by atomic mass is 32.2. The molecule has 2 N–H and O–H groups in total. The first-order valence-electron chi connectivity index (χ1n) is 4.55. The van der Waals surface area contributed by atoms with Gasteiger partial charge in [-0.25, -0.2) is 0 Å². The number of carboxylic acids is 1. The van der Waals surface area contributed by atoms with Crippen LogP contribution in [-0.4, -0.2) is 38.1 Å². The SMILES string of the molecule is O=C(O)CSc1nnc(NC(=O)c2ccon2)s1. The van der Waals surface area contributed by atoms with Crippen LogP contribution in [0.2, 0.25) is 0 Å². The Hall–Kier alpha value is -1.94. The molecule has 0 bridgehead atoms. The topological polar surface area (TPSA) is 118 Å². The van der Waals surface area contributed by atoms with Crippen LogP contribution in [-0.2, 0) is 4.79 Å². The maximum Gasteiger partial charge on any atom is 0.313 e. The number of rotatable bonds is 5. The average molecular weight is 286 g/mol. The monoisotopic (exact) mass is 286 g/mol. The van der Waals surface area contributed by atoms with Gasteiger partial charge in [0.25, 0.3) is 5.91 Å². The molecule has 2 rings (SSSR count). The molecular weight excluding hydrogens is 280 g/mol. The summed E-state index contributed by atoms with van der Waals surface area (Å²) in [5.74, 6) is -1.51. The number of anilines is 1. The number of carboxylic acid groups (broad SMARTS) is 1. The van der Waals surface area contributed by atoms with Crippen LogP contribution in [0.4, 0.5) is 5.13 Å². The molecule has 0 saturated carbocycles. The fourth-order valence-electron chi connectivity index (χ4n) is 0.933. The largest absolute Gasteiger partial charge is 0.481 e. The van der Waals surface area contributed by atoms with Crippen molar-refractivity contribution in [3.8, 4) is 0 Å². The van der Waals surface area contributed by atoms with E-state index in [0.29, 0.717) is 4.34 Å². The van der Waals surface area contributed by atoms with Crippen molar-refractivity contribution < 1.29 is 19.2 Å². The molecular formula is C8H6N4O4S2. The first-order chi connectivity index (χ1) is 8.65. The molecule has 0 saturated heterocycles. The summed E-state index contributed by atoms with van der Waals surface area (Å²) >= 11 is 2.12. The molecule has 0 unspecified atom stereocenters. The third-order valence-corrected chi connectivity index (χ3v) is 3.57. The normalized spacial score (nSPS) is 10.2. The lowest BCUT2D eigenvalue weighted by Crippen LogP contribution is -2.11. The van der Waals surface area contributed by atoms with Crippen LogP contribution >= 0.6 is 23.1 Å². The second-order valence-corrected chi connectivity index (χ2v) is 5.09. The molecule has 2 aromatic rings. The zero-order chi connectivity index (χ0) is 13.0. The molecule has 0 aliphatic carbocycles. The van der Waals surface area contributed by atoms with Crippen molar-refractivity contribution in [3.63, 3.8) is 0 Å². The van der Waals surface area contributed by atoms with E-state index in [1.165, 1.54) is 12.3 Å². The second kappa shape index (κ2) is 5.60. The van der Waals surface area contributed by atoms with Crippen LogP contribution in [0.1, 0.15) is 10.5 Å². The third-order valence-electron chi connectivity index (χ3n) is 1.62. The quantitative estimate of drug-likeness (QED) is 0.616. The van der Waals surface area contributed by atoms with Crippen molar-refractivity contribution in [3.05, 3.63) is 18.0 Å². The molecule has 94 valence electrons. The summed E-state index contributed by atoms with van der Waals surface area (Å²) in [7, 11) is 0. The third kappa shape index (κ3) is 3.28. The number of aliphatic carboxylic acids is 1. The van der Waals surface area contributed by atoms with Gasteiger partial charge in [-0.2, -0.15) is 0 Å². The highest BCUT2D eigenvalue weighted by molar-refractivity contribution is 8.01. The van der Waals surface area contributed by atoms with Crippen LogP contribution in [0.25, 0.3) is 0 Å². The molecule has 0 fully saturated rings. The minimum atomic E-state index is -0.941. The number of carbonyl (C=O) groups excluding carboxylic acids is 1. The number of carbonyl (C=O) groups is 2. The molecule has 18 heavy (non-hydrogen) atoms. The van der Waals surface area contributed by atoms with Crippen molar-refractivity contribution in [2.75, 3.05) is 11.1 Å². The standard InChI is InChI=1S/C8H6N4O4S2/c13-5(14)3-17-8-11-10-7(18-8)9-6(15)4-1-2-16-12-4/h1-2H,3H2,(H,13,14)(H,9,10,15). The molecule has 0 radical (unpaired) electrons. The van der Waals surface area contributed by atoms with E-state index in [9.17, 15) is 9.59 Å². The summed E-state index contributed by atoms with van der Waals surface area (Å²) in [5.41, 5.74) is 0.130. The molecule has 0 aliphatic heterocycles. The molecule has 8 nitrogen and oxygen atoms in total. The molecule has 0 aromatic carbocycles. The molecule has 1 amide bonds. The number of thioether (sulfide) groups is 1. The van der Waals surface area contributed by atoms with E-state index in [1.54, 1.807) is 0 Å². The van der Waals surface area contributed by atoms with Crippen molar-refractivity contribution in [2.45, 2.75) is 4.34 Å². The average Bonchev–Trinajstić information content (AvgIpc) is 2.97. The Balaban J connectivity index is 1.94. The number of hydrogen-bond donors (Lipinski definition) is 2. The van der Waals surface area contributed by atoms with Gasteiger partial charge in [0.2, 0.25) is 5.13 Å². The van der Waals surface area contributed by atoms with Gasteiger partial charge in [0.15, 0.2) is 10.0 Å². The van der Waals surface area contributed by atoms with E-state index in [-0.39, 0.29) is 16.6 Å². The van der Waals surface area contributed by atoms with Crippen molar-refractivity contribution >= 4 is 40.1 Å². The van der Waals surface area contributed by atoms with Gasteiger partial charge in [-0.05, 0) is 0 Å². The van der Waals surface area contributed by atoms with Crippen LogP contribution in [0.3, 0.4) is 0 Å². The Labute approximate surface area is 108 Å². The Morgan fingerprint density at radius 1 is 1.50 bits per heavy atom. The second-order valence-electron chi connectivity index (χ2n) is 2.89. The van der Waals surface area contributed by atoms with Gasteiger partial charge in [0.05, 0.1) is 5.75 Å². The molecule has 0 atom stereocenters. The maximum absolute atomic E-state index is 11.6. The summed E-state index contributed by atoms with van der Waals surface area (Å²) in [6.07, 6.45) is 1.28. The number of hydrogen-bond acceptors (Lipinski definition) is 8. The molecule has 0 aliphatic rings. The van der Waals surface area contributed by atoms with Crippen molar-refractivity contribution in [2.24, 2.45) is 0 Å². The van der Waals surface area contributed by atoms with Gasteiger partial charge in [0.1, 0.15) is 6.26 Å². The van der Waals surface area contributed by atoms with E-state index in [0.717, 1.165) is 23.1 Å². The summed E-state index contributed by atoms with van der Waals surface area (Å²) < 4.78 is 5.00. The minimum Gasteiger partial charge on any atom is -0.481 e. The lowest BCUT2D eigenvalue weighted by Gasteiger charge is -1.94. The van der Waals surface area contributed by atoms with E-state index >= 15 is 0 Å². The summed E-state index contributed by atoms with van der Waals surface area (Å²) in [4.78, 5) is 21.9. The van der Waals surface area contributed by atoms with Crippen LogP contribution in [0.15, 0.2) is 21.2 Å². The fraction of sp³-hybridized carbons (Fsp3) is 0.125. The van der Waals surface area contributed by atoms with Crippen LogP contribution < -0.4 is 5.32 Å². The van der Waals surface area contributed by atoms with E-state index in [4.69, 9.17) is 5.11 Å². The molecule has 2 heterocycles. The van der Waals surface area contributed by atoms with Gasteiger partial charge in [-0.1, -0.05) is 28.3 Å². The molecule has 10 heteroatoms. The number of nitrogens with one attached hydrogen (secondary N) is 1. The number of nitrogens with zero attached hydrogens (tertiary/aromatic N) is 3. The van der Waals surface area contributed by atoms with Gasteiger partial charge >= 0.3 is 5.97 Å². The Bertz CT molecular complexity index is 553. The van der Waals surface area contributed by atoms with E-state index in [1.807, 2.05) is 0 Å².